The van der Waals surface area contributed by atoms with Crippen LogP contribution in [0.4, 0.5) is 4.79 Å². The van der Waals surface area contributed by atoms with Gasteiger partial charge in [0, 0.05) is 5.02 Å². The lowest BCUT2D eigenvalue weighted by atomic mass is 10.1. The van der Waals surface area contributed by atoms with E-state index in [4.69, 9.17) is 11.6 Å². The minimum Gasteiger partial charge on any atom is -0.286 e. The molecule has 1 aromatic rings. The van der Waals surface area contributed by atoms with Gasteiger partial charge in [0.2, 0.25) is 5.91 Å². The quantitative estimate of drug-likeness (QED) is 0.813. The number of nitrogens with one attached hydrogen (secondary N) is 1. The molecule has 1 heterocycles. The standard InChI is InChI=1S/C14H16ClNO2S/c15-11-7-4-6-10(9-11)5-2-1-3-8-12-13(17)16-14(18)19-12/h4,6-7,9,12H,1-3,5,8H2,(H,16,17,18). The third-order valence-corrected chi connectivity index (χ3v) is 4.37. The number of imide groups is 1. The van der Waals surface area contributed by atoms with Gasteiger partial charge < -0.3 is 0 Å². The number of halogens is 1. The second-order valence-electron chi connectivity index (χ2n) is 4.61. The Kier molecular flexibility index (Phi) is 5.28. The minimum atomic E-state index is -0.214. The number of unbranched alkanes of at least 4 members (excludes halogenated alkanes) is 2. The Morgan fingerprint density at radius 1 is 1.21 bits per heavy atom. The van der Waals surface area contributed by atoms with E-state index in [0.717, 1.165) is 48.9 Å². The van der Waals surface area contributed by atoms with Crippen LogP contribution < -0.4 is 5.32 Å². The normalized spacial score (nSPS) is 18.7. The van der Waals surface area contributed by atoms with Crippen molar-refractivity contribution in [3.05, 3.63) is 34.9 Å². The smallest absolute Gasteiger partial charge is 0.286 e. The van der Waals surface area contributed by atoms with Gasteiger partial charge in [0.05, 0.1) is 5.25 Å². The third-order valence-electron chi connectivity index (χ3n) is 3.09. The summed E-state index contributed by atoms with van der Waals surface area (Å²) in [5.74, 6) is -0.134. The summed E-state index contributed by atoms with van der Waals surface area (Å²) in [6, 6.07) is 7.89. The maximum absolute atomic E-state index is 11.3. The van der Waals surface area contributed by atoms with E-state index >= 15 is 0 Å². The van der Waals surface area contributed by atoms with E-state index in [0.29, 0.717) is 0 Å². The summed E-state index contributed by atoms with van der Waals surface area (Å²) in [5.41, 5.74) is 1.25. The molecule has 1 atom stereocenters. The first-order valence-electron chi connectivity index (χ1n) is 6.41. The average Bonchev–Trinajstić information content (AvgIpc) is 2.68. The molecule has 1 aromatic carbocycles. The lowest BCUT2D eigenvalue weighted by Gasteiger charge is -2.05. The molecular weight excluding hydrogens is 282 g/mol. The number of carbonyl (C=O) groups excluding carboxylic acids is 2. The molecule has 5 heteroatoms. The molecule has 1 N–H and O–H groups in total. The summed E-state index contributed by atoms with van der Waals surface area (Å²) >= 11 is 7.03. The molecule has 0 aliphatic carbocycles. The van der Waals surface area contributed by atoms with Crippen LogP contribution in [0.1, 0.15) is 31.2 Å². The maximum Gasteiger partial charge on any atom is 0.286 e. The van der Waals surface area contributed by atoms with Crippen molar-refractivity contribution in [2.24, 2.45) is 0 Å². The van der Waals surface area contributed by atoms with Gasteiger partial charge in [0.1, 0.15) is 0 Å². The van der Waals surface area contributed by atoms with Gasteiger partial charge in [-0.05, 0) is 37.0 Å². The highest BCUT2D eigenvalue weighted by Gasteiger charge is 2.30. The maximum atomic E-state index is 11.3. The van der Waals surface area contributed by atoms with Crippen LogP contribution in [0.25, 0.3) is 0 Å². The van der Waals surface area contributed by atoms with Crippen LogP contribution in [0.3, 0.4) is 0 Å². The van der Waals surface area contributed by atoms with E-state index < -0.39 is 0 Å². The fourth-order valence-electron chi connectivity index (χ4n) is 2.11. The van der Waals surface area contributed by atoms with Gasteiger partial charge >= 0.3 is 0 Å². The number of benzene rings is 1. The third kappa shape index (κ3) is 4.55. The molecule has 1 aliphatic rings. The topological polar surface area (TPSA) is 46.2 Å². The summed E-state index contributed by atoms with van der Waals surface area (Å²) in [7, 11) is 0. The van der Waals surface area contributed by atoms with Gasteiger partial charge in [-0.25, -0.2) is 0 Å². The second kappa shape index (κ2) is 6.96. The molecule has 102 valence electrons. The zero-order valence-electron chi connectivity index (χ0n) is 10.5. The summed E-state index contributed by atoms with van der Waals surface area (Å²) in [5, 5.41) is 2.69. The zero-order valence-corrected chi connectivity index (χ0v) is 12.1. The van der Waals surface area contributed by atoms with Crippen molar-refractivity contribution in [3.63, 3.8) is 0 Å². The lowest BCUT2D eigenvalue weighted by Crippen LogP contribution is -2.24. The van der Waals surface area contributed by atoms with Crippen molar-refractivity contribution >= 4 is 34.5 Å². The molecule has 0 aromatic heterocycles. The van der Waals surface area contributed by atoms with Gasteiger partial charge in [0.25, 0.3) is 5.24 Å². The van der Waals surface area contributed by atoms with E-state index in [-0.39, 0.29) is 16.4 Å². The van der Waals surface area contributed by atoms with Crippen LogP contribution in [0, 0.1) is 0 Å². The number of rotatable bonds is 6. The first-order chi connectivity index (χ1) is 9.15. The fourth-order valence-corrected chi connectivity index (χ4v) is 3.19. The predicted octanol–water partition coefficient (Wildman–Crippen LogP) is 3.79. The number of aryl methyl sites for hydroxylation is 1. The number of thioether (sulfide) groups is 1. The van der Waals surface area contributed by atoms with Crippen LogP contribution >= 0.6 is 23.4 Å². The van der Waals surface area contributed by atoms with Crippen molar-refractivity contribution in [2.75, 3.05) is 0 Å². The van der Waals surface area contributed by atoms with Gasteiger partial charge in [-0.1, -0.05) is 48.3 Å². The summed E-state index contributed by atoms with van der Waals surface area (Å²) in [4.78, 5) is 22.3. The van der Waals surface area contributed by atoms with Crippen molar-refractivity contribution in [2.45, 2.75) is 37.4 Å². The van der Waals surface area contributed by atoms with Crippen LogP contribution in [0.2, 0.25) is 5.02 Å². The van der Waals surface area contributed by atoms with E-state index in [9.17, 15) is 9.59 Å². The van der Waals surface area contributed by atoms with Gasteiger partial charge in [-0.15, -0.1) is 0 Å². The molecule has 1 saturated heterocycles. The molecule has 1 unspecified atom stereocenters. The van der Waals surface area contributed by atoms with Crippen LogP contribution in [0.5, 0.6) is 0 Å². The molecule has 1 aliphatic heterocycles. The van der Waals surface area contributed by atoms with Crippen molar-refractivity contribution in [1.82, 2.24) is 5.32 Å². The molecule has 1 fully saturated rings. The van der Waals surface area contributed by atoms with E-state index in [1.807, 2.05) is 18.2 Å². The van der Waals surface area contributed by atoms with E-state index in [2.05, 4.69) is 11.4 Å². The summed E-state index contributed by atoms with van der Waals surface area (Å²) < 4.78 is 0. The Morgan fingerprint density at radius 2 is 2.05 bits per heavy atom. The van der Waals surface area contributed by atoms with Gasteiger partial charge in [-0.3, -0.25) is 14.9 Å². The average molecular weight is 298 g/mol. The molecule has 2 amide bonds. The van der Waals surface area contributed by atoms with Crippen molar-refractivity contribution in [3.8, 4) is 0 Å². The molecule has 2 rings (SSSR count). The van der Waals surface area contributed by atoms with Gasteiger partial charge in [-0.2, -0.15) is 0 Å². The summed E-state index contributed by atoms with van der Waals surface area (Å²) in [6.45, 7) is 0. The highest BCUT2D eigenvalue weighted by Crippen LogP contribution is 2.24. The molecule has 19 heavy (non-hydrogen) atoms. The molecule has 0 saturated carbocycles. The van der Waals surface area contributed by atoms with Crippen LogP contribution in [-0.4, -0.2) is 16.4 Å². The number of hydrogen-bond acceptors (Lipinski definition) is 3. The van der Waals surface area contributed by atoms with E-state index in [1.165, 1.54) is 5.56 Å². The Balaban J connectivity index is 1.62. The largest absolute Gasteiger partial charge is 0.286 e. The highest BCUT2D eigenvalue weighted by atomic mass is 35.5. The first-order valence-corrected chi connectivity index (χ1v) is 7.67. The highest BCUT2D eigenvalue weighted by molar-refractivity contribution is 8.15. The van der Waals surface area contributed by atoms with E-state index in [1.54, 1.807) is 0 Å². The van der Waals surface area contributed by atoms with Gasteiger partial charge in [0.15, 0.2) is 0 Å². The predicted molar refractivity (Wildman–Crippen MR) is 78.5 cm³/mol. The fraction of sp³-hybridized carbons (Fsp3) is 0.429. The molecular formula is C14H16ClNO2S. The summed E-state index contributed by atoms with van der Waals surface area (Å²) in [6.07, 6.45) is 4.89. The zero-order chi connectivity index (χ0) is 13.7. The van der Waals surface area contributed by atoms with Crippen LogP contribution in [0.15, 0.2) is 24.3 Å². The molecule has 3 nitrogen and oxygen atoms in total. The number of carbonyl (C=O) groups is 2. The van der Waals surface area contributed by atoms with Crippen molar-refractivity contribution < 1.29 is 9.59 Å². The number of amides is 2. The Labute approximate surface area is 122 Å². The minimum absolute atomic E-state index is 0.134. The monoisotopic (exact) mass is 297 g/mol. The SMILES string of the molecule is O=C1NC(=O)C(CCCCCc2cccc(Cl)c2)S1. The lowest BCUT2D eigenvalue weighted by molar-refractivity contribution is -0.119. The Bertz CT molecular complexity index is 478. The Hall–Kier alpha value is -1.000. The molecule has 0 bridgehead atoms. The Morgan fingerprint density at radius 3 is 2.74 bits per heavy atom. The molecule has 0 spiro atoms. The second-order valence-corrected chi connectivity index (χ2v) is 6.22. The first kappa shape index (κ1) is 14.4. The number of hydrogen-bond donors (Lipinski definition) is 1. The van der Waals surface area contributed by atoms with Crippen LogP contribution in [-0.2, 0) is 11.2 Å². The van der Waals surface area contributed by atoms with Crippen molar-refractivity contribution in [1.29, 1.82) is 0 Å². The molecule has 0 radical (unpaired) electrons.